The van der Waals surface area contributed by atoms with Gasteiger partial charge in [0, 0.05) is 26.1 Å². The molecule has 1 fully saturated rings. The molecule has 0 aliphatic carbocycles. The first-order valence-electron chi connectivity index (χ1n) is 14.5. The Kier molecular flexibility index (Phi) is 14.6. The lowest BCUT2D eigenvalue weighted by molar-refractivity contribution is -0.143. The average Bonchev–Trinajstić information content (AvgIpc) is 2.96. The summed E-state index contributed by atoms with van der Waals surface area (Å²) in [5.74, 6) is -0.919. The minimum absolute atomic E-state index is 0.0220. The Balaban J connectivity index is 1.56. The number of methoxy groups -OCH3 is 1. The van der Waals surface area contributed by atoms with Gasteiger partial charge in [-0.1, -0.05) is 49.6 Å². The maximum absolute atomic E-state index is 12.2. The number of hydrogen-bond acceptors (Lipinski definition) is 8. The van der Waals surface area contributed by atoms with Crippen LogP contribution >= 0.6 is 0 Å². The van der Waals surface area contributed by atoms with Crippen molar-refractivity contribution in [2.45, 2.75) is 84.0 Å². The molecule has 42 heavy (non-hydrogen) atoms. The summed E-state index contributed by atoms with van der Waals surface area (Å²) in [6, 6.07) is 7.89. The van der Waals surface area contributed by atoms with Gasteiger partial charge in [0.15, 0.2) is 0 Å². The zero-order chi connectivity index (χ0) is 31.0. The summed E-state index contributed by atoms with van der Waals surface area (Å²) in [5.41, 5.74) is 0.290. The number of rotatable bonds is 14. The van der Waals surface area contributed by atoms with Gasteiger partial charge < -0.3 is 35.1 Å². The predicted molar refractivity (Wildman–Crippen MR) is 155 cm³/mol. The lowest BCUT2D eigenvalue weighted by Gasteiger charge is -2.33. The van der Waals surface area contributed by atoms with Gasteiger partial charge in [-0.3, -0.25) is 9.59 Å². The summed E-state index contributed by atoms with van der Waals surface area (Å²) in [7, 11) is 1.17. The molecule has 3 N–H and O–H groups in total. The maximum Gasteiger partial charge on any atom is 0.410 e. The van der Waals surface area contributed by atoms with Gasteiger partial charge in [0.1, 0.15) is 18.2 Å². The van der Waals surface area contributed by atoms with E-state index in [1.54, 1.807) is 17.0 Å². The number of amides is 4. The van der Waals surface area contributed by atoms with E-state index in [1.165, 1.54) is 7.11 Å². The fraction of sp³-hybridized carbons (Fsp3) is 0.633. The second-order valence-corrected chi connectivity index (χ2v) is 11.4. The number of esters is 1. The Labute approximate surface area is 248 Å². The molecule has 0 saturated carbocycles. The molecule has 0 spiro atoms. The lowest BCUT2D eigenvalue weighted by atomic mass is 9.91. The summed E-state index contributed by atoms with van der Waals surface area (Å²) in [6.45, 7) is 6.56. The molecule has 234 valence electrons. The van der Waals surface area contributed by atoms with Crippen molar-refractivity contribution in [3.05, 3.63) is 35.9 Å². The molecule has 0 radical (unpaired) electrons. The fourth-order valence-electron chi connectivity index (χ4n) is 4.41. The second-order valence-electron chi connectivity index (χ2n) is 11.4. The van der Waals surface area contributed by atoms with E-state index >= 15 is 0 Å². The maximum atomic E-state index is 12.2. The van der Waals surface area contributed by atoms with Crippen molar-refractivity contribution in [1.29, 1.82) is 0 Å². The van der Waals surface area contributed by atoms with Gasteiger partial charge in [-0.15, -0.1) is 0 Å². The van der Waals surface area contributed by atoms with Crippen LogP contribution in [0.1, 0.15) is 71.3 Å². The van der Waals surface area contributed by atoms with Gasteiger partial charge in [0.2, 0.25) is 11.8 Å². The van der Waals surface area contributed by atoms with E-state index in [9.17, 15) is 24.0 Å². The summed E-state index contributed by atoms with van der Waals surface area (Å²) >= 11 is 0. The fourth-order valence-corrected chi connectivity index (χ4v) is 4.41. The quantitative estimate of drug-likeness (QED) is 0.170. The number of alkyl carbamates (subject to hydrolysis) is 1. The van der Waals surface area contributed by atoms with Gasteiger partial charge >= 0.3 is 18.2 Å². The first kappa shape index (κ1) is 34.4. The monoisotopic (exact) mass is 590 g/mol. The number of likely N-dealkylation sites (tertiary alicyclic amines) is 1. The van der Waals surface area contributed by atoms with Gasteiger partial charge in [-0.05, 0) is 51.5 Å². The molecule has 1 heterocycles. The van der Waals surface area contributed by atoms with Crippen LogP contribution in [0, 0.1) is 5.92 Å². The summed E-state index contributed by atoms with van der Waals surface area (Å²) < 4.78 is 15.2. The van der Waals surface area contributed by atoms with E-state index < -0.39 is 29.6 Å². The Morgan fingerprint density at radius 3 is 2.29 bits per heavy atom. The highest BCUT2D eigenvalue weighted by molar-refractivity contribution is 5.86. The molecule has 2 rings (SSSR count). The summed E-state index contributed by atoms with van der Waals surface area (Å²) in [4.78, 5) is 62.4. The number of carbonyl (C=O) groups is 5. The lowest BCUT2D eigenvalue weighted by Crippen LogP contribution is -2.50. The van der Waals surface area contributed by atoms with Crippen LogP contribution in [0.4, 0.5) is 9.59 Å². The zero-order valence-electron chi connectivity index (χ0n) is 25.2. The average molecular weight is 591 g/mol. The third-order valence-corrected chi connectivity index (χ3v) is 6.72. The number of benzene rings is 1. The van der Waals surface area contributed by atoms with E-state index in [4.69, 9.17) is 9.47 Å². The van der Waals surface area contributed by atoms with Crippen LogP contribution in [-0.4, -0.2) is 79.8 Å². The van der Waals surface area contributed by atoms with Gasteiger partial charge in [0.25, 0.3) is 0 Å². The molecule has 1 aliphatic rings. The smallest absolute Gasteiger partial charge is 0.410 e. The number of hydrogen-bond donors (Lipinski definition) is 3. The number of piperidine rings is 1. The molecule has 1 aromatic rings. The molecule has 4 amide bonds. The predicted octanol–water partition coefficient (Wildman–Crippen LogP) is 3.28. The van der Waals surface area contributed by atoms with Crippen molar-refractivity contribution >= 4 is 30.0 Å². The van der Waals surface area contributed by atoms with Crippen LogP contribution in [0.15, 0.2) is 30.3 Å². The van der Waals surface area contributed by atoms with Crippen LogP contribution in [-0.2, 0) is 35.2 Å². The molecule has 1 aromatic carbocycles. The van der Waals surface area contributed by atoms with E-state index in [0.29, 0.717) is 31.8 Å². The Morgan fingerprint density at radius 2 is 1.64 bits per heavy atom. The third-order valence-electron chi connectivity index (χ3n) is 6.72. The Hall–Kier alpha value is -3.83. The van der Waals surface area contributed by atoms with Crippen LogP contribution < -0.4 is 16.0 Å². The van der Waals surface area contributed by atoms with Crippen LogP contribution in [0.3, 0.4) is 0 Å². The van der Waals surface area contributed by atoms with Gasteiger partial charge in [0.05, 0.1) is 13.7 Å². The summed E-state index contributed by atoms with van der Waals surface area (Å²) in [5, 5.41) is 7.46. The van der Waals surface area contributed by atoms with Gasteiger partial charge in [-0.2, -0.15) is 0 Å². The molecule has 0 unspecified atom stereocenters. The van der Waals surface area contributed by atoms with Gasteiger partial charge in [-0.25, -0.2) is 14.4 Å². The molecule has 12 heteroatoms. The van der Waals surface area contributed by atoms with Crippen LogP contribution in [0.25, 0.3) is 0 Å². The Morgan fingerprint density at radius 1 is 0.952 bits per heavy atom. The van der Waals surface area contributed by atoms with Crippen molar-refractivity contribution in [2.24, 2.45) is 5.92 Å². The summed E-state index contributed by atoms with van der Waals surface area (Å²) in [6.07, 6.45) is 4.81. The normalized spacial score (nSPS) is 14.3. The number of carbonyl (C=O) groups excluding carboxylic acids is 5. The molecular formula is C30H46N4O8. The molecular weight excluding hydrogens is 544 g/mol. The largest absolute Gasteiger partial charge is 0.467 e. The minimum atomic E-state index is -1.15. The van der Waals surface area contributed by atoms with Crippen molar-refractivity contribution in [1.82, 2.24) is 20.9 Å². The van der Waals surface area contributed by atoms with Crippen molar-refractivity contribution in [2.75, 3.05) is 33.3 Å². The standard InChI is InChI=1S/C30H46N4O8/c1-30(2,3)42-29(39)34-17-15-22(16-18-34)11-7-6-10-14-25(35)32-20-26(36)31-19-24(27(37)40-4)33-28(38)41-21-23-12-8-5-9-13-23/h5,8-9,12-13,22,24H,6-7,10-11,14-21H2,1-4H3,(H,31,36)(H,32,35)(H,33,38)/t24-/m0/s1. The molecule has 0 bridgehead atoms. The van der Waals surface area contributed by atoms with Crippen LogP contribution in [0.2, 0.25) is 0 Å². The number of nitrogens with one attached hydrogen (secondary N) is 3. The molecule has 12 nitrogen and oxygen atoms in total. The highest BCUT2D eigenvalue weighted by Gasteiger charge is 2.27. The number of ether oxygens (including phenoxy) is 3. The van der Waals surface area contributed by atoms with Crippen molar-refractivity contribution in [3.8, 4) is 0 Å². The van der Waals surface area contributed by atoms with Crippen molar-refractivity contribution in [3.63, 3.8) is 0 Å². The second kappa shape index (κ2) is 17.9. The van der Waals surface area contributed by atoms with E-state index in [-0.39, 0.29) is 31.7 Å². The first-order valence-corrected chi connectivity index (χ1v) is 14.5. The first-order chi connectivity index (χ1) is 20.0. The van der Waals surface area contributed by atoms with E-state index in [2.05, 4.69) is 20.7 Å². The third kappa shape index (κ3) is 14.2. The molecule has 1 aliphatic heterocycles. The van der Waals surface area contributed by atoms with E-state index in [1.807, 2.05) is 39.0 Å². The molecule has 1 saturated heterocycles. The van der Waals surface area contributed by atoms with Crippen LogP contribution in [0.5, 0.6) is 0 Å². The Bertz CT molecular complexity index is 1020. The SMILES string of the molecule is COC(=O)[C@H](CNC(=O)CNC(=O)CCCCCC1CCN(C(=O)OC(C)(C)C)CC1)NC(=O)OCc1ccccc1. The van der Waals surface area contributed by atoms with E-state index in [0.717, 1.165) is 37.7 Å². The molecule has 1 atom stereocenters. The number of nitrogens with zero attached hydrogens (tertiary/aromatic N) is 1. The topological polar surface area (TPSA) is 152 Å². The number of unbranched alkanes of at least 4 members (excludes halogenated alkanes) is 2. The minimum Gasteiger partial charge on any atom is -0.467 e. The highest BCUT2D eigenvalue weighted by atomic mass is 16.6. The zero-order valence-corrected chi connectivity index (χ0v) is 25.2. The van der Waals surface area contributed by atoms with Crippen molar-refractivity contribution < 1.29 is 38.2 Å². The molecule has 0 aromatic heterocycles. The highest BCUT2D eigenvalue weighted by Crippen LogP contribution is 2.24.